The van der Waals surface area contributed by atoms with E-state index < -0.39 is 0 Å². The van der Waals surface area contributed by atoms with E-state index in [2.05, 4.69) is 12.2 Å². The Hall–Kier alpha value is -1.35. The van der Waals surface area contributed by atoms with Crippen LogP contribution in [-0.4, -0.2) is 11.9 Å². The predicted octanol–water partition coefficient (Wildman–Crippen LogP) is 2.13. The van der Waals surface area contributed by atoms with Crippen LogP contribution in [-0.2, 0) is 11.3 Å². The van der Waals surface area contributed by atoms with Crippen LogP contribution in [0.15, 0.2) is 24.3 Å². The van der Waals surface area contributed by atoms with E-state index in [-0.39, 0.29) is 11.9 Å². The molecule has 0 saturated heterocycles. The van der Waals surface area contributed by atoms with Crippen LogP contribution in [0.1, 0.15) is 37.3 Å². The fourth-order valence-corrected chi connectivity index (χ4v) is 1.58. The fraction of sp³-hybridized carbons (Fsp3) is 0.500. The van der Waals surface area contributed by atoms with Crippen molar-refractivity contribution < 1.29 is 4.79 Å². The topological polar surface area (TPSA) is 55.1 Å². The van der Waals surface area contributed by atoms with Gasteiger partial charge in [-0.05, 0) is 18.9 Å². The van der Waals surface area contributed by atoms with Crippen LogP contribution in [0.2, 0.25) is 0 Å². The second-order valence-corrected chi connectivity index (χ2v) is 4.45. The molecule has 0 heterocycles. The van der Waals surface area contributed by atoms with E-state index in [9.17, 15) is 4.79 Å². The summed E-state index contributed by atoms with van der Waals surface area (Å²) >= 11 is 0. The number of hydrogen-bond acceptors (Lipinski definition) is 2. The second-order valence-electron chi connectivity index (χ2n) is 4.45. The van der Waals surface area contributed by atoms with E-state index >= 15 is 0 Å². The van der Waals surface area contributed by atoms with E-state index in [1.54, 1.807) is 0 Å². The first-order valence-electron chi connectivity index (χ1n) is 6.22. The molecule has 0 aliphatic rings. The van der Waals surface area contributed by atoms with Crippen molar-refractivity contribution >= 4 is 5.91 Å². The number of rotatable bonds is 6. The molecule has 1 aromatic carbocycles. The minimum atomic E-state index is -0.375. The summed E-state index contributed by atoms with van der Waals surface area (Å²) in [5.41, 5.74) is 8.10. The molecule has 17 heavy (non-hydrogen) atoms. The third-order valence-corrected chi connectivity index (χ3v) is 2.79. The highest BCUT2D eigenvalue weighted by Gasteiger charge is 2.11. The Morgan fingerprint density at radius 3 is 2.59 bits per heavy atom. The summed E-state index contributed by atoms with van der Waals surface area (Å²) in [6.45, 7) is 4.69. The maximum Gasteiger partial charge on any atom is 0.237 e. The van der Waals surface area contributed by atoms with Crippen LogP contribution in [0.4, 0.5) is 0 Å². The third-order valence-electron chi connectivity index (χ3n) is 2.79. The van der Waals surface area contributed by atoms with Gasteiger partial charge in [0.1, 0.15) is 0 Å². The summed E-state index contributed by atoms with van der Waals surface area (Å²) < 4.78 is 0. The summed E-state index contributed by atoms with van der Waals surface area (Å²) in [7, 11) is 0. The number of nitrogens with one attached hydrogen (secondary N) is 1. The molecule has 3 nitrogen and oxygen atoms in total. The molecule has 0 bridgehead atoms. The molecule has 0 aliphatic carbocycles. The SMILES string of the molecule is CCCCC(N)C(=O)NCc1ccc(C)cc1. The Morgan fingerprint density at radius 2 is 2.00 bits per heavy atom. The summed E-state index contributed by atoms with van der Waals surface area (Å²) in [6, 6.07) is 7.75. The standard InChI is InChI=1S/C14H22N2O/c1-3-4-5-13(15)14(17)16-10-12-8-6-11(2)7-9-12/h6-9,13H,3-5,10,15H2,1-2H3,(H,16,17). The lowest BCUT2D eigenvalue weighted by Crippen LogP contribution is -2.40. The van der Waals surface area contributed by atoms with Gasteiger partial charge in [0.15, 0.2) is 0 Å². The van der Waals surface area contributed by atoms with Crippen molar-refractivity contribution in [2.24, 2.45) is 5.73 Å². The molecule has 0 spiro atoms. The molecule has 0 aliphatic heterocycles. The average Bonchev–Trinajstić information content (AvgIpc) is 2.34. The summed E-state index contributed by atoms with van der Waals surface area (Å²) in [6.07, 6.45) is 2.83. The van der Waals surface area contributed by atoms with Gasteiger partial charge in [0.2, 0.25) is 5.91 Å². The van der Waals surface area contributed by atoms with Gasteiger partial charge in [-0.1, -0.05) is 49.6 Å². The first-order valence-corrected chi connectivity index (χ1v) is 6.22. The van der Waals surface area contributed by atoms with E-state index in [4.69, 9.17) is 5.73 Å². The van der Waals surface area contributed by atoms with E-state index in [1.165, 1.54) is 5.56 Å². The number of benzene rings is 1. The number of unbranched alkanes of at least 4 members (excludes halogenated alkanes) is 1. The molecule has 94 valence electrons. The van der Waals surface area contributed by atoms with Crippen molar-refractivity contribution in [3.63, 3.8) is 0 Å². The van der Waals surface area contributed by atoms with Crippen molar-refractivity contribution in [1.29, 1.82) is 0 Å². The Morgan fingerprint density at radius 1 is 1.35 bits per heavy atom. The summed E-state index contributed by atoms with van der Waals surface area (Å²) in [4.78, 5) is 11.7. The predicted molar refractivity (Wildman–Crippen MR) is 70.5 cm³/mol. The lowest BCUT2D eigenvalue weighted by molar-refractivity contribution is -0.122. The number of aryl methyl sites for hydroxylation is 1. The van der Waals surface area contributed by atoms with Gasteiger partial charge in [-0.3, -0.25) is 4.79 Å². The number of carbonyl (C=O) groups excluding carboxylic acids is 1. The van der Waals surface area contributed by atoms with E-state index in [0.717, 1.165) is 24.8 Å². The smallest absolute Gasteiger partial charge is 0.237 e. The van der Waals surface area contributed by atoms with Crippen LogP contribution in [0.5, 0.6) is 0 Å². The van der Waals surface area contributed by atoms with Crippen molar-refractivity contribution in [2.75, 3.05) is 0 Å². The van der Waals surface area contributed by atoms with E-state index in [0.29, 0.717) is 6.54 Å². The largest absolute Gasteiger partial charge is 0.351 e. The normalized spacial score (nSPS) is 12.2. The molecule has 1 rings (SSSR count). The van der Waals surface area contributed by atoms with Crippen LogP contribution in [0.25, 0.3) is 0 Å². The number of hydrogen-bond donors (Lipinski definition) is 2. The maximum atomic E-state index is 11.7. The number of carbonyl (C=O) groups is 1. The summed E-state index contributed by atoms with van der Waals surface area (Å²) in [5, 5.41) is 2.86. The fourth-order valence-electron chi connectivity index (χ4n) is 1.58. The van der Waals surface area contributed by atoms with Gasteiger partial charge in [-0.25, -0.2) is 0 Å². The molecular weight excluding hydrogens is 212 g/mol. The third kappa shape index (κ3) is 5.00. The van der Waals surface area contributed by atoms with Gasteiger partial charge >= 0.3 is 0 Å². The maximum absolute atomic E-state index is 11.7. The first kappa shape index (κ1) is 13.7. The van der Waals surface area contributed by atoms with Gasteiger partial charge in [0.25, 0.3) is 0 Å². The molecule has 1 unspecified atom stereocenters. The minimum Gasteiger partial charge on any atom is -0.351 e. The molecule has 0 radical (unpaired) electrons. The highest BCUT2D eigenvalue weighted by molar-refractivity contribution is 5.81. The molecule has 0 aromatic heterocycles. The molecular formula is C14H22N2O. The Labute approximate surface area is 103 Å². The number of nitrogens with two attached hydrogens (primary N) is 1. The van der Waals surface area contributed by atoms with Crippen LogP contribution >= 0.6 is 0 Å². The van der Waals surface area contributed by atoms with Crippen LogP contribution in [0, 0.1) is 6.92 Å². The highest BCUT2D eigenvalue weighted by Crippen LogP contribution is 2.03. The first-order chi connectivity index (χ1) is 8.13. The van der Waals surface area contributed by atoms with Crippen LogP contribution in [0.3, 0.4) is 0 Å². The zero-order valence-corrected chi connectivity index (χ0v) is 10.7. The Bertz CT molecular complexity index is 346. The minimum absolute atomic E-state index is 0.0565. The highest BCUT2D eigenvalue weighted by atomic mass is 16.2. The van der Waals surface area contributed by atoms with Crippen molar-refractivity contribution in [2.45, 2.75) is 45.7 Å². The van der Waals surface area contributed by atoms with Crippen molar-refractivity contribution in [3.05, 3.63) is 35.4 Å². The van der Waals surface area contributed by atoms with Crippen LogP contribution < -0.4 is 11.1 Å². The van der Waals surface area contributed by atoms with E-state index in [1.807, 2.05) is 31.2 Å². The molecule has 1 aromatic rings. The lowest BCUT2D eigenvalue weighted by atomic mass is 10.1. The van der Waals surface area contributed by atoms with Crippen molar-refractivity contribution in [1.82, 2.24) is 5.32 Å². The zero-order valence-electron chi connectivity index (χ0n) is 10.7. The second kappa shape index (κ2) is 7.07. The molecule has 1 atom stereocenters. The molecule has 0 saturated carbocycles. The van der Waals surface area contributed by atoms with Gasteiger partial charge in [0, 0.05) is 6.54 Å². The van der Waals surface area contributed by atoms with Gasteiger partial charge < -0.3 is 11.1 Å². The quantitative estimate of drug-likeness (QED) is 0.792. The molecule has 1 amide bonds. The number of amides is 1. The monoisotopic (exact) mass is 234 g/mol. The Kier molecular flexibility index (Phi) is 5.70. The molecule has 3 N–H and O–H groups in total. The van der Waals surface area contributed by atoms with Gasteiger partial charge in [0.05, 0.1) is 6.04 Å². The molecule has 0 fully saturated rings. The lowest BCUT2D eigenvalue weighted by Gasteiger charge is -2.11. The van der Waals surface area contributed by atoms with Gasteiger partial charge in [-0.15, -0.1) is 0 Å². The summed E-state index contributed by atoms with van der Waals surface area (Å²) in [5.74, 6) is -0.0565. The average molecular weight is 234 g/mol. The van der Waals surface area contributed by atoms with Gasteiger partial charge in [-0.2, -0.15) is 0 Å². The van der Waals surface area contributed by atoms with Crippen molar-refractivity contribution in [3.8, 4) is 0 Å². The molecule has 3 heteroatoms. The Balaban J connectivity index is 2.34. The zero-order chi connectivity index (χ0) is 12.7.